The lowest BCUT2D eigenvalue weighted by Gasteiger charge is -2.35. The van der Waals surface area contributed by atoms with Gasteiger partial charge in [-0.3, -0.25) is 4.79 Å². The number of aliphatic hydroxyl groups is 1. The zero-order valence-electron chi connectivity index (χ0n) is 8.48. The fraction of sp³-hybridized carbons (Fsp3) is 0.700. The van der Waals surface area contributed by atoms with Crippen molar-refractivity contribution in [1.29, 1.82) is 0 Å². The van der Waals surface area contributed by atoms with Crippen LogP contribution in [0.1, 0.15) is 13.3 Å². The van der Waals surface area contributed by atoms with Gasteiger partial charge in [0.2, 0.25) is 5.91 Å². The summed E-state index contributed by atoms with van der Waals surface area (Å²) in [5.74, 6) is 0.0496. The van der Waals surface area contributed by atoms with Crippen LogP contribution in [0.3, 0.4) is 0 Å². The second-order valence-electron chi connectivity index (χ2n) is 3.54. The first-order valence-electron chi connectivity index (χ1n) is 4.82. The standard InChI is InChI=1S/C10H17NO3/c1-3-4-10(13)11-5-8(2)14-9(6-11)7-12/h3,8-9,12H,1,4-7H2,2H3. The molecule has 0 bridgehead atoms. The average Bonchev–Trinajstić information content (AvgIpc) is 2.17. The predicted molar refractivity (Wildman–Crippen MR) is 52.8 cm³/mol. The van der Waals surface area contributed by atoms with Crippen LogP contribution in [-0.2, 0) is 9.53 Å². The van der Waals surface area contributed by atoms with Crippen molar-refractivity contribution in [2.75, 3.05) is 19.7 Å². The summed E-state index contributed by atoms with van der Waals surface area (Å²) in [6.07, 6.45) is 1.70. The quantitative estimate of drug-likeness (QED) is 0.659. The summed E-state index contributed by atoms with van der Waals surface area (Å²) in [7, 11) is 0. The Morgan fingerprint density at radius 1 is 1.71 bits per heavy atom. The molecule has 80 valence electrons. The summed E-state index contributed by atoms with van der Waals surface area (Å²) >= 11 is 0. The Hall–Kier alpha value is -0.870. The van der Waals surface area contributed by atoms with E-state index in [2.05, 4.69) is 6.58 Å². The number of nitrogens with zero attached hydrogens (tertiary/aromatic N) is 1. The molecular formula is C10H17NO3. The van der Waals surface area contributed by atoms with Gasteiger partial charge in [0.15, 0.2) is 0 Å². The lowest BCUT2D eigenvalue weighted by atomic mass is 10.2. The summed E-state index contributed by atoms with van der Waals surface area (Å²) in [6.45, 7) is 6.46. The van der Waals surface area contributed by atoms with Gasteiger partial charge in [0.25, 0.3) is 0 Å². The molecule has 0 aliphatic carbocycles. The highest BCUT2D eigenvalue weighted by Crippen LogP contribution is 2.11. The van der Waals surface area contributed by atoms with E-state index in [1.807, 2.05) is 6.92 Å². The Labute approximate surface area is 84.2 Å². The van der Waals surface area contributed by atoms with Gasteiger partial charge in [-0.15, -0.1) is 6.58 Å². The number of hydrogen-bond acceptors (Lipinski definition) is 3. The largest absolute Gasteiger partial charge is 0.394 e. The maximum absolute atomic E-state index is 11.5. The number of morpholine rings is 1. The first-order valence-corrected chi connectivity index (χ1v) is 4.82. The summed E-state index contributed by atoms with van der Waals surface area (Å²) in [6, 6.07) is 0. The minimum Gasteiger partial charge on any atom is -0.394 e. The first kappa shape index (κ1) is 11.2. The topological polar surface area (TPSA) is 49.8 Å². The van der Waals surface area contributed by atoms with E-state index in [4.69, 9.17) is 9.84 Å². The van der Waals surface area contributed by atoms with E-state index < -0.39 is 0 Å². The highest BCUT2D eigenvalue weighted by molar-refractivity contribution is 5.77. The molecule has 0 aromatic heterocycles. The van der Waals surface area contributed by atoms with Gasteiger partial charge in [0, 0.05) is 19.5 Å². The van der Waals surface area contributed by atoms with Crippen molar-refractivity contribution in [3.8, 4) is 0 Å². The molecule has 1 fully saturated rings. The Morgan fingerprint density at radius 2 is 2.43 bits per heavy atom. The van der Waals surface area contributed by atoms with Crippen LogP contribution in [0.4, 0.5) is 0 Å². The van der Waals surface area contributed by atoms with Crippen LogP contribution >= 0.6 is 0 Å². The zero-order chi connectivity index (χ0) is 10.6. The molecule has 0 aromatic rings. The predicted octanol–water partition coefficient (Wildman–Crippen LogP) is 0.171. The van der Waals surface area contributed by atoms with Gasteiger partial charge >= 0.3 is 0 Å². The third-order valence-electron chi connectivity index (χ3n) is 2.20. The smallest absolute Gasteiger partial charge is 0.226 e. The van der Waals surface area contributed by atoms with E-state index in [0.717, 1.165) is 0 Å². The number of rotatable bonds is 3. The summed E-state index contributed by atoms with van der Waals surface area (Å²) in [5.41, 5.74) is 0. The van der Waals surface area contributed by atoms with Gasteiger partial charge in [-0.05, 0) is 6.92 Å². The number of carbonyl (C=O) groups excluding carboxylic acids is 1. The Morgan fingerprint density at radius 3 is 3.00 bits per heavy atom. The van der Waals surface area contributed by atoms with Crippen LogP contribution in [0.2, 0.25) is 0 Å². The number of ether oxygens (including phenoxy) is 1. The molecular weight excluding hydrogens is 182 g/mol. The third kappa shape index (κ3) is 2.82. The van der Waals surface area contributed by atoms with Crippen LogP contribution in [0.25, 0.3) is 0 Å². The Kier molecular flexibility index (Phi) is 4.10. The lowest BCUT2D eigenvalue weighted by Crippen LogP contribution is -2.50. The van der Waals surface area contributed by atoms with Gasteiger partial charge in [-0.2, -0.15) is 0 Å². The van der Waals surface area contributed by atoms with Gasteiger partial charge in [-0.25, -0.2) is 0 Å². The second-order valence-corrected chi connectivity index (χ2v) is 3.54. The van der Waals surface area contributed by atoms with Crippen molar-refractivity contribution >= 4 is 5.91 Å². The van der Waals surface area contributed by atoms with Crippen molar-refractivity contribution in [1.82, 2.24) is 4.90 Å². The molecule has 1 aliphatic heterocycles. The molecule has 0 aromatic carbocycles. The fourth-order valence-corrected chi connectivity index (χ4v) is 1.60. The Bertz CT molecular complexity index is 217. The third-order valence-corrected chi connectivity index (χ3v) is 2.20. The van der Waals surface area contributed by atoms with E-state index in [1.165, 1.54) is 0 Å². The molecule has 4 heteroatoms. The highest BCUT2D eigenvalue weighted by atomic mass is 16.5. The fourth-order valence-electron chi connectivity index (χ4n) is 1.60. The van der Waals surface area contributed by atoms with Gasteiger partial charge in [0.1, 0.15) is 0 Å². The molecule has 0 saturated carbocycles. The zero-order valence-corrected chi connectivity index (χ0v) is 8.48. The normalized spacial score (nSPS) is 27.4. The monoisotopic (exact) mass is 199 g/mol. The van der Waals surface area contributed by atoms with E-state index in [1.54, 1.807) is 11.0 Å². The maximum Gasteiger partial charge on any atom is 0.226 e. The van der Waals surface area contributed by atoms with Gasteiger partial charge in [0.05, 0.1) is 18.8 Å². The number of hydrogen-bond donors (Lipinski definition) is 1. The number of aliphatic hydroxyl groups excluding tert-OH is 1. The van der Waals surface area contributed by atoms with E-state index in [9.17, 15) is 4.79 Å². The SMILES string of the molecule is C=CCC(=O)N1CC(C)OC(CO)C1. The van der Waals surface area contributed by atoms with Crippen LogP contribution in [0.15, 0.2) is 12.7 Å². The second kappa shape index (κ2) is 5.12. The summed E-state index contributed by atoms with van der Waals surface area (Å²) < 4.78 is 5.42. The van der Waals surface area contributed by atoms with Crippen molar-refractivity contribution in [2.24, 2.45) is 0 Å². The van der Waals surface area contributed by atoms with Crippen LogP contribution in [0.5, 0.6) is 0 Å². The molecule has 0 spiro atoms. The van der Waals surface area contributed by atoms with Crippen molar-refractivity contribution in [3.63, 3.8) is 0 Å². The molecule has 0 radical (unpaired) electrons. The van der Waals surface area contributed by atoms with E-state index in [0.29, 0.717) is 19.5 Å². The van der Waals surface area contributed by atoms with Crippen molar-refractivity contribution < 1.29 is 14.6 Å². The Balaban J connectivity index is 2.52. The minimum atomic E-state index is -0.243. The minimum absolute atomic E-state index is 0.00494. The molecule has 4 nitrogen and oxygen atoms in total. The average molecular weight is 199 g/mol. The van der Waals surface area contributed by atoms with Crippen LogP contribution in [0, 0.1) is 0 Å². The molecule has 2 atom stereocenters. The molecule has 14 heavy (non-hydrogen) atoms. The van der Waals surface area contributed by atoms with Crippen LogP contribution in [-0.4, -0.2) is 47.8 Å². The first-order chi connectivity index (χ1) is 6.67. The van der Waals surface area contributed by atoms with E-state index >= 15 is 0 Å². The summed E-state index contributed by atoms with van der Waals surface area (Å²) in [5, 5.41) is 8.96. The molecule has 1 amide bonds. The molecule has 1 saturated heterocycles. The van der Waals surface area contributed by atoms with E-state index in [-0.39, 0.29) is 24.7 Å². The van der Waals surface area contributed by atoms with Crippen molar-refractivity contribution in [3.05, 3.63) is 12.7 Å². The molecule has 1 rings (SSSR count). The van der Waals surface area contributed by atoms with Crippen molar-refractivity contribution in [2.45, 2.75) is 25.6 Å². The molecule has 2 unspecified atom stereocenters. The lowest BCUT2D eigenvalue weighted by molar-refractivity contribution is -0.146. The number of amides is 1. The summed E-state index contributed by atoms with van der Waals surface area (Å²) in [4.78, 5) is 13.2. The molecule has 1 N–H and O–H groups in total. The molecule has 1 aliphatic rings. The van der Waals surface area contributed by atoms with Gasteiger partial charge in [-0.1, -0.05) is 6.08 Å². The van der Waals surface area contributed by atoms with Crippen LogP contribution < -0.4 is 0 Å². The highest BCUT2D eigenvalue weighted by Gasteiger charge is 2.26. The number of carbonyl (C=O) groups is 1. The molecule has 1 heterocycles. The maximum atomic E-state index is 11.5. The van der Waals surface area contributed by atoms with Gasteiger partial charge < -0.3 is 14.7 Å².